The quantitative estimate of drug-likeness (QED) is 0.641. The van der Waals surface area contributed by atoms with Gasteiger partial charge in [-0.2, -0.15) is 0 Å². The highest BCUT2D eigenvalue weighted by molar-refractivity contribution is 5.68. The highest BCUT2D eigenvalue weighted by atomic mass is 14.2. The van der Waals surface area contributed by atoms with Gasteiger partial charge in [0.15, 0.2) is 0 Å². The lowest BCUT2D eigenvalue weighted by Crippen LogP contribution is -2.06. The molecule has 0 spiro atoms. The van der Waals surface area contributed by atoms with Gasteiger partial charge in [-0.15, -0.1) is 0 Å². The van der Waals surface area contributed by atoms with E-state index in [2.05, 4.69) is 55.5 Å². The van der Waals surface area contributed by atoms with Gasteiger partial charge in [-0.1, -0.05) is 74.7 Å². The minimum Gasteiger partial charge on any atom is -0.0622 e. The Labute approximate surface area is 122 Å². The second kappa shape index (κ2) is 6.26. The molecule has 3 rings (SSSR count). The third-order valence-electron chi connectivity index (χ3n) is 4.65. The Bertz CT molecular complexity index is 548. The van der Waals surface area contributed by atoms with Crippen LogP contribution in [0.3, 0.4) is 0 Å². The summed E-state index contributed by atoms with van der Waals surface area (Å²) in [6, 6.07) is 18.0. The molecule has 2 aromatic rings. The zero-order valence-corrected chi connectivity index (χ0v) is 12.4. The van der Waals surface area contributed by atoms with Crippen molar-refractivity contribution in [3.63, 3.8) is 0 Å². The number of rotatable bonds is 3. The van der Waals surface area contributed by atoms with Crippen LogP contribution in [-0.2, 0) is 6.42 Å². The Morgan fingerprint density at radius 2 is 1.65 bits per heavy atom. The molecule has 1 saturated carbocycles. The van der Waals surface area contributed by atoms with Gasteiger partial charge in [0.25, 0.3) is 0 Å². The Morgan fingerprint density at radius 1 is 0.900 bits per heavy atom. The van der Waals surface area contributed by atoms with Crippen molar-refractivity contribution < 1.29 is 0 Å². The number of benzene rings is 2. The monoisotopic (exact) mass is 264 g/mol. The fourth-order valence-electron chi connectivity index (χ4n) is 3.46. The first-order valence-electron chi connectivity index (χ1n) is 8.06. The first-order valence-corrected chi connectivity index (χ1v) is 8.06. The molecular weight excluding hydrogens is 240 g/mol. The summed E-state index contributed by atoms with van der Waals surface area (Å²) in [6.45, 7) is 2.25. The topological polar surface area (TPSA) is 0 Å². The standard InChI is InChI=1S/C20H24/c1-2-16-13-14-19(17-9-5-3-6-10-17)20(15-16)18-11-7-4-8-12-18/h3,5-6,9-10,13-15,18H,2,4,7-8,11-12H2,1H3. The lowest BCUT2D eigenvalue weighted by molar-refractivity contribution is 0.444. The fourth-order valence-corrected chi connectivity index (χ4v) is 3.46. The van der Waals surface area contributed by atoms with E-state index in [1.165, 1.54) is 48.8 Å². The lowest BCUT2D eigenvalue weighted by Gasteiger charge is -2.25. The van der Waals surface area contributed by atoms with Crippen LogP contribution in [0.1, 0.15) is 56.1 Å². The van der Waals surface area contributed by atoms with Crippen LogP contribution < -0.4 is 0 Å². The van der Waals surface area contributed by atoms with Gasteiger partial charge in [0.1, 0.15) is 0 Å². The minimum atomic E-state index is 0.769. The maximum atomic E-state index is 2.47. The van der Waals surface area contributed by atoms with Crippen LogP contribution in [0.2, 0.25) is 0 Å². The van der Waals surface area contributed by atoms with Gasteiger partial charge < -0.3 is 0 Å². The molecule has 0 amide bonds. The largest absolute Gasteiger partial charge is 0.0622 e. The Hall–Kier alpha value is -1.56. The van der Waals surface area contributed by atoms with Crippen molar-refractivity contribution in [3.8, 4) is 11.1 Å². The predicted octanol–water partition coefficient (Wildman–Crippen LogP) is 5.96. The normalized spacial score (nSPS) is 16.2. The number of hydrogen-bond acceptors (Lipinski definition) is 0. The third-order valence-corrected chi connectivity index (χ3v) is 4.65. The van der Waals surface area contributed by atoms with E-state index in [-0.39, 0.29) is 0 Å². The predicted molar refractivity (Wildman–Crippen MR) is 87.1 cm³/mol. The van der Waals surface area contributed by atoms with E-state index in [4.69, 9.17) is 0 Å². The Kier molecular flexibility index (Phi) is 4.20. The summed E-state index contributed by atoms with van der Waals surface area (Å²) in [4.78, 5) is 0. The van der Waals surface area contributed by atoms with Gasteiger partial charge >= 0.3 is 0 Å². The van der Waals surface area contributed by atoms with E-state index >= 15 is 0 Å². The molecule has 104 valence electrons. The van der Waals surface area contributed by atoms with Crippen molar-refractivity contribution in [1.29, 1.82) is 0 Å². The number of hydrogen-bond donors (Lipinski definition) is 0. The summed E-state index contributed by atoms with van der Waals surface area (Å²) in [5, 5.41) is 0. The van der Waals surface area contributed by atoms with Gasteiger partial charge in [-0.05, 0) is 47.4 Å². The zero-order chi connectivity index (χ0) is 13.8. The molecule has 1 aliphatic rings. The summed E-state index contributed by atoms with van der Waals surface area (Å²) in [6.07, 6.45) is 8.09. The van der Waals surface area contributed by atoms with Crippen molar-refractivity contribution in [2.24, 2.45) is 0 Å². The highest BCUT2D eigenvalue weighted by Crippen LogP contribution is 2.38. The SMILES string of the molecule is CCc1ccc(-c2ccccc2)c(C2CCCCC2)c1. The van der Waals surface area contributed by atoms with E-state index in [1.807, 2.05) is 0 Å². The summed E-state index contributed by atoms with van der Waals surface area (Å²) in [5.41, 5.74) is 5.89. The van der Waals surface area contributed by atoms with E-state index in [0.717, 1.165) is 12.3 Å². The van der Waals surface area contributed by atoms with Crippen LogP contribution in [0.15, 0.2) is 48.5 Å². The van der Waals surface area contributed by atoms with Gasteiger partial charge in [0.2, 0.25) is 0 Å². The van der Waals surface area contributed by atoms with Crippen molar-refractivity contribution in [2.75, 3.05) is 0 Å². The molecule has 20 heavy (non-hydrogen) atoms. The highest BCUT2D eigenvalue weighted by Gasteiger charge is 2.19. The molecule has 0 N–H and O–H groups in total. The zero-order valence-electron chi connectivity index (χ0n) is 12.4. The summed E-state index contributed by atoms with van der Waals surface area (Å²) >= 11 is 0. The van der Waals surface area contributed by atoms with Crippen molar-refractivity contribution in [3.05, 3.63) is 59.7 Å². The summed E-state index contributed by atoms with van der Waals surface area (Å²) in [7, 11) is 0. The smallest absolute Gasteiger partial charge is 0.0149 e. The molecule has 1 fully saturated rings. The van der Waals surface area contributed by atoms with Gasteiger partial charge in [-0.25, -0.2) is 0 Å². The molecule has 0 atom stereocenters. The molecule has 0 aliphatic heterocycles. The van der Waals surface area contributed by atoms with Crippen LogP contribution >= 0.6 is 0 Å². The second-order valence-corrected chi connectivity index (χ2v) is 5.98. The molecule has 0 heterocycles. The lowest BCUT2D eigenvalue weighted by atomic mass is 9.80. The third kappa shape index (κ3) is 2.80. The Balaban J connectivity index is 2.04. The average molecular weight is 264 g/mol. The molecule has 0 radical (unpaired) electrons. The molecule has 0 unspecified atom stereocenters. The maximum absolute atomic E-state index is 2.47. The van der Waals surface area contributed by atoms with Crippen LogP contribution in [-0.4, -0.2) is 0 Å². The molecule has 0 heteroatoms. The van der Waals surface area contributed by atoms with Crippen molar-refractivity contribution in [1.82, 2.24) is 0 Å². The molecule has 0 nitrogen and oxygen atoms in total. The molecule has 0 aromatic heterocycles. The van der Waals surface area contributed by atoms with Crippen LogP contribution in [0.25, 0.3) is 11.1 Å². The molecular formula is C20H24. The fraction of sp³-hybridized carbons (Fsp3) is 0.400. The molecule has 2 aromatic carbocycles. The van der Waals surface area contributed by atoms with Gasteiger partial charge in [0.05, 0.1) is 0 Å². The summed E-state index contributed by atoms with van der Waals surface area (Å²) in [5.74, 6) is 0.769. The van der Waals surface area contributed by atoms with Crippen LogP contribution in [0.4, 0.5) is 0 Å². The second-order valence-electron chi connectivity index (χ2n) is 5.98. The maximum Gasteiger partial charge on any atom is -0.0149 e. The average Bonchev–Trinajstić information content (AvgIpc) is 2.56. The van der Waals surface area contributed by atoms with E-state index in [1.54, 1.807) is 5.56 Å². The molecule has 0 bridgehead atoms. The van der Waals surface area contributed by atoms with E-state index in [0.29, 0.717) is 0 Å². The molecule has 1 aliphatic carbocycles. The first kappa shape index (κ1) is 13.4. The van der Waals surface area contributed by atoms with Crippen LogP contribution in [0.5, 0.6) is 0 Å². The summed E-state index contributed by atoms with van der Waals surface area (Å²) < 4.78 is 0. The van der Waals surface area contributed by atoms with Crippen molar-refractivity contribution in [2.45, 2.75) is 51.4 Å². The first-order chi connectivity index (χ1) is 9.88. The van der Waals surface area contributed by atoms with Gasteiger partial charge in [-0.3, -0.25) is 0 Å². The van der Waals surface area contributed by atoms with E-state index < -0.39 is 0 Å². The van der Waals surface area contributed by atoms with Crippen molar-refractivity contribution >= 4 is 0 Å². The van der Waals surface area contributed by atoms with Gasteiger partial charge in [0, 0.05) is 0 Å². The van der Waals surface area contributed by atoms with Crippen LogP contribution in [0, 0.1) is 0 Å². The molecule has 0 saturated heterocycles. The Morgan fingerprint density at radius 3 is 2.35 bits per heavy atom. The minimum absolute atomic E-state index is 0.769. The van der Waals surface area contributed by atoms with E-state index in [9.17, 15) is 0 Å². The number of aryl methyl sites for hydroxylation is 1.